The van der Waals surface area contributed by atoms with E-state index in [0.29, 0.717) is 0 Å². The molecule has 0 bridgehead atoms. The lowest BCUT2D eigenvalue weighted by atomic mass is 10.5. The summed E-state index contributed by atoms with van der Waals surface area (Å²) in [6.07, 6.45) is -0.400. The minimum absolute atomic E-state index is 0.191. The molecule has 42 valence electrons. The molecule has 1 aromatic heterocycles. The van der Waals surface area contributed by atoms with Crippen LogP contribution in [0.1, 0.15) is 4.11 Å². The zero-order chi connectivity index (χ0) is 8.59. The van der Waals surface area contributed by atoms with Crippen molar-refractivity contribution in [2.24, 2.45) is 0 Å². The predicted molar refractivity (Wildman–Crippen MR) is 31.9 cm³/mol. The molecule has 0 aromatic carbocycles. The van der Waals surface area contributed by atoms with E-state index in [4.69, 9.17) is 4.11 Å². The van der Waals surface area contributed by atoms with Crippen LogP contribution >= 0.6 is 15.9 Å². The molecule has 0 saturated carbocycles. The maximum absolute atomic E-state index is 12.7. The topological polar surface area (TPSA) is 12.9 Å². The molecule has 0 aliphatic carbocycles. The van der Waals surface area contributed by atoms with Crippen LogP contribution in [-0.4, -0.2) is 4.98 Å². The third-order valence-electron chi connectivity index (χ3n) is 0.563. The zero-order valence-electron chi connectivity index (χ0n) is 6.70. The van der Waals surface area contributed by atoms with Crippen molar-refractivity contribution in [3.63, 3.8) is 0 Å². The molecule has 0 fully saturated rings. The number of hydrogen-bond donors (Lipinski definition) is 0. The minimum Gasteiger partial charge on any atom is -0.246 e. The summed E-state index contributed by atoms with van der Waals surface area (Å²) in [7, 11) is 0. The highest BCUT2D eigenvalue weighted by molar-refractivity contribution is 9.10. The first-order chi connectivity index (χ1) is 5.04. The zero-order valence-corrected chi connectivity index (χ0v) is 5.29. The summed E-state index contributed by atoms with van der Waals surface area (Å²) >= 11 is 2.72. The summed E-state index contributed by atoms with van der Waals surface area (Å²) in [5.74, 6) is -0.897. The molecule has 0 unspecified atom stereocenters. The summed E-state index contributed by atoms with van der Waals surface area (Å²) in [6, 6.07) is -1.09. The molecule has 1 heterocycles. The quantitative estimate of drug-likeness (QED) is 0.555. The van der Waals surface area contributed by atoms with Crippen molar-refractivity contribution < 1.29 is 8.50 Å². The molecule has 1 aromatic rings. The molecular formula is C5H3BrFN. The van der Waals surface area contributed by atoms with Crippen molar-refractivity contribution in [2.45, 2.75) is 0 Å². The Balaban J connectivity index is 3.46. The van der Waals surface area contributed by atoms with Gasteiger partial charge in [-0.3, -0.25) is 0 Å². The van der Waals surface area contributed by atoms with Crippen LogP contribution in [0.2, 0.25) is 0 Å². The minimum atomic E-state index is -0.897. The second-order valence-electron chi connectivity index (χ2n) is 1.08. The molecule has 1 nitrogen and oxygen atoms in total. The Bertz CT molecular complexity index is 278. The largest absolute Gasteiger partial charge is 0.246 e. The Morgan fingerprint density at radius 2 is 2.62 bits per heavy atom. The van der Waals surface area contributed by atoms with Crippen LogP contribution in [0.3, 0.4) is 0 Å². The molecule has 0 aliphatic rings. The first kappa shape index (κ1) is 2.92. The van der Waals surface area contributed by atoms with Gasteiger partial charge < -0.3 is 0 Å². The van der Waals surface area contributed by atoms with E-state index in [1.165, 1.54) is 0 Å². The third kappa shape index (κ3) is 1.04. The number of hydrogen-bond acceptors (Lipinski definition) is 1. The fraction of sp³-hybridized carbons (Fsp3) is 0. The average Bonchev–Trinajstić information content (AvgIpc) is 1.97. The number of rotatable bonds is 0. The van der Waals surface area contributed by atoms with Crippen LogP contribution in [-0.2, 0) is 0 Å². The van der Waals surface area contributed by atoms with Crippen molar-refractivity contribution in [3.05, 3.63) is 28.7 Å². The van der Waals surface area contributed by atoms with Crippen LogP contribution in [0.15, 0.2) is 22.9 Å². The molecule has 1 rings (SSSR count). The van der Waals surface area contributed by atoms with Gasteiger partial charge in [0, 0.05) is 6.17 Å². The molecule has 0 atom stereocenters. The van der Waals surface area contributed by atoms with Gasteiger partial charge in [-0.05, 0) is 28.0 Å². The Morgan fingerprint density at radius 1 is 1.88 bits per heavy atom. The van der Waals surface area contributed by atoms with Crippen molar-refractivity contribution in [2.75, 3.05) is 0 Å². The molecule has 0 spiro atoms. The van der Waals surface area contributed by atoms with Gasteiger partial charge in [-0.25, -0.2) is 9.37 Å². The smallest absolute Gasteiger partial charge is 0.155 e. The van der Waals surface area contributed by atoms with Crippen LogP contribution in [0.4, 0.5) is 4.39 Å². The van der Waals surface area contributed by atoms with E-state index in [1.807, 2.05) is 0 Å². The summed E-state index contributed by atoms with van der Waals surface area (Å²) < 4.78 is 33.4. The van der Waals surface area contributed by atoms with Crippen molar-refractivity contribution in [1.82, 2.24) is 4.98 Å². The Labute approximate surface area is 58.9 Å². The maximum atomic E-state index is 12.7. The second kappa shape index (κ2) is 2.22. The van der Waals surface area contributed by atoms with E-state index in [2.05, 4.69) is 20.9 Å². The molecule has 0 N–H and O–H groups in total. The van der Waals surface area contributed by atoms with Gasteiger partial charge in [0.2, 0.25) is 0 Å². The summed E-state index contributed by atoms with van der Waals surface area (Å²) in [5, 5.41) is 0. The van der Waals surface area contributed by atoms with E-state index in [0.717, 1.165) is 0 Å². The molecular weight excluding hydrogens is 173 g/mol. The number of nitrogens with zero attached hydrogens (tertiary/aromatic N) is 1. The molecule has 0 radical (unpaired) electrons. The van der Waals surface area contributed by atoms with Gasteiger partial charge in [0.1, 0.15) is 4.60 Å². The Hall–Kier alpha value is -0.440. The van der Waals surface area contributed by atoms with E-state index in [9.17, 15) is 4.39 Å². The average molecular weight is 179 g/mol. The SMILES string of the molecule is [2H]c1nc(Br)c(F)c([2H])c1[2H]. The van der Waals surface area contributed by atoms with Crippen LogP contribution in [0.25, 0.3) is 0 Å². The van der Waals surface area contributed by atoms with E-state index >= 15 is 0 Å². The lowest BCUT2D eigenvalue weighted by Gasteiger charge is -1.86. The first-order valence-electron chi connectivity index (χ1n) is 3.33. The normalized spacial score (nSPS) is 14.5. The van der Waals surface area contributed by atoms with Crippen LogP contribution < -0.4 is 0 Å². The van der Waals surface area contributed by atoms with E-state index in [-0.39, 0.29) is 4.60 Å². The highest BCUT2D eigenvalue weighted by Gasteiger charge is 1.92. The van der Waals surface area contributed by atoms with Crippen LogP contribution in [0.5, 0.6) is 0 Å². The number of pyridine rings is 1. The molecule has 0 saturated heterocycles. The lowest BCUT2D eigenvalue weighted by molar-refractivity contribution is 0.613. The summed E-state index contributed by atoms with van der Waals surface area (Å²) in [4.78, 5) is 3.33. The maximum Gasteiger partial charge on any atom is 0.155 e. The predicted octanol–water partition coefficient (Wildman–Crippen LogP) is 1.98. The van der Waals surface area contributed by atoms with Gasteiger partial charge in [-0.1, -0.05) is 0 Å². The number of aromatic nitrogens is 1. The van der Waals surface area contributed by atoms with Gasteiger partial charge in [0.15, 0.2) is 5.82 Å². The van der Waals surface area contributed by atoms with Gasteiger partial charge in [0.05, 0.1) is 4.11 Å². The lowest BCUT2D eigenvalue weighted by Crippen LogP contribution is -1.77. The number of halogens is 2. The standard InChI is InChI=1S/C5H3BrFN/c6-5-4(7)2-1-3-8-5/h1-3H/i1D,2D,3D. The van der Waals surface area contributed by atoms with Gasteiger partial charge in [0.25, 0.3) is 0 Å². The second-order valence-corrected chi connectivity index (χ2v) is 1.83. The van der Waals surface area contributed by atoms with E-state index < -0.39 is 24.1 Å². The van der Waals surface area contributed by atoms with Gasteiger partial charge >= 0.3 is 0 Å². The highest BCUT2D eigenvalue weighted by Crippen LogP contribution is 2.08. The van der Waals surface area contributed by atoms with Crippen molar-refractivity contribution in [3.8, 4) is 0 Å². The molecule has 0 aliphatic heterocycles. The van der Waals surface area contributed by atoms with E-state index in [1.54, 1.807) is 0 Å². The first-order valence-corrected chi connectivity index (χ1v) is 2.62. The molecule has 0 amide bonds. The third-order valence-corrected chi connectivity index (χ3v) is 1.09. The van der Waals surface area contributed by atoms with Gasteiger partial charge in [-0.2, -0.15) is 0 Å². The van der Waals surface area contributed by atoms with Crippen molar-refractivity contribution in [1.29, 1.82) is 0 Å². The fourth-order valence-corrected chi connectivity index (χ4v) is 0.448. The Morgan fingerprint density at radius 3 is 3.38 bits per heavy atom. The highest BCUT2D eigenvalue weighted by atomic mass is 79.9. The van der Waals surface area contributed by atoms with Crippen LogP contribution in [0, 0.1) is 5.82 Å². The summed E-state index contributed by atoms with van der Waals surface area (Å²) in [5.41, 5.74) is 0. The Kier molecular flexibility index (Phi) is 0.809. The van der Waals surface area contributed by atoms with Gasteiger partial charge in [-0.15, -0.1) is 0 Å². The molecule has 3 heteroatoms. The van der Waals surface area contributed by atoms with Crippen molar-refractivity contribution >= 4 is 15.9 Å². The monoisotopic (exact) mass is 178 g/mol. The summed E-state index contributed by atoms with van der Waals surface area (Å²) in [6.45, 7) is 0. The molecule has 8 heavy (non-hydrogen) atoms. The fourth-order valence-electron chi connectivity index (χ4n) is 0.261.